The maximum absolute atomic E-state index is 12.2. The Bertz CT molecular complexity index is 764. The minimum Gasteiger partial charge on any atom is -0.387 e. The molecule has 0 saturated heterocycles. The summed E-state index contributed by atoms with van der Waals surface area (Å²) in [5.74, 6) is -0.248. The van der Waals surface area contributed by atoms with Crippen LogP contribution >= 0.6 is 11.3 Å². The largest absolute Gasteiger partial charge is 0.387 e. The van der Waals surface area contributed by atoms with Crippen molar-refractivity contribution in [2.45, 2.75) is 13.0 Å². The normalized spacial score (nSPS) is 12.5. The molecule has 0 aliphatic rings. The van der Waals surface area contributed by atoms with Gasteiger partial charge < -0.3 is 10.4 Å². The van der Waals surface area contributed by atoms with Crippen molar-refractivity contribution < 1.29 is 9.90 Å². The topological polar surface area (TPSA) is 66.6 Å². The summed E-state index contributed by atoms with van der Waals surface area (Å²) in [6, 6.07) is 5.66. The molecule has 3 heterocycles. The van der Waals surface area contributed by atoms with E-state index >= 15 is 0 Å². The zero-order valence-electron chi connectivity index (χ0n) is 11.5. The standard InChI is InChI=1S/C15H15N3O2S/c1-10-2-3-14-16-6-12(18(14)8-10)15(20)17-7-13(19)11-4-5-21-9-11/h2-6,8-9,13,19H,7H2,1H3,(H,17,20). The first-order valence-corrected chi connectivity index (χ1v) is 7.51. The van der Waals surface area contributed by atoms with Crippen LogP contribution < -0.4 is 5.32 Å². The van der Waals surface area contributed by atoms with Crippen LogP contribution in [-0.4, -0.2) is 26.9 Å². The first-order chi connectivity index (χ1) is 10.1. The number of hydrogen-bond acceptors (Lipinski definition) is 4. The number of carbonyl (C=O) groups excluding carboxylic acids is 1. The van der Waals surface area contributed by atoms with Crippen LogP contribution in [0.15, 0.2) is 41.4 Å². The Morgan fingerprint density at radius 2 is 2.33 bits per heavy atom. The number of thiophene rings is 1. The van der Waals surface area contributed by atoms with Gasteiger partial charge in [0.05, 0.1) is 12.3 Å². The number of imidazole rings is 1. The number of pyridine rings is 1. The molecule has 6 heteroatoms. The molecule has 0 aromatic carbocycles. The maximum Gasteiger partial charge on any atom is 0.270 e. The monoisotopic (exact) mass is 301 g/mol. The summed E-state index contributed by atoms with van der Waals surface area (Å²) in [4.78, 5) is 16.4. The Hall–Kier alpha value is -2.18. The van der Waals surface area contributed by atoms with Gasteiger partial charge in [-0.2, -0.15) is 11.3 Å². The maximum atomic E-state index is 12.2. The molecule has 0 radical (unpaired) electrons. The average Bonchev–Trinajstić information content (AvgIpc) is 3.13. The molecular formula is C15H15N3O2S. The van der Waals surface area contributed by atoms with Gasteiger partial charge in [-0.25, -0.2) is 4.98 Å². The van der Waals surface area contributed by atoms with Gasteiger partial charge in [-0.1, -0.05) is 6.07 Å². The lowest BCUT2D eigenvalue weighted by Crippen LogP contribution is -2.29. The van der Waals surface area contributed by atoms with E-state index in [1.165, 1.54) is 11.3 Å². The Morgan fingerprint density at radius 3 is 3.10 bits per heavy atom. The van der Waals surface area contributed by atoms with E-state index < -0.39 is 6.10 Å². The molecule has 0 fully saturated rings. The van der Waals surface area contributed by atoms with E-state index in [4.69, 9.17) is 0 Å². The third-order valence-corrected chi connectivity index (χ3v) is 3.97. The van der Waals surface area contributed by atoms with Gasteiger partial charge in [0.2, 0.25) is 0 Å². The van der Waals surface area contributed by atoms with Crippen molar-refractivity contribution in [1.29, 1.82) is 0 Å². The van der Waals surface area contributed by atoms with Gasteiger partial charge in [-0.05, 0) is 40.9 Å². The van der Waals surface area contributed by atoms with Crippen LogP contribution in [0.1, 0.15) is 27.7 Å². The van der Waals surface area contributed by atoms with Gasteiger partial charge in [0.25, 0.3) is 5.91 Å². The van der Waals surface area contributed by atoms with E-state index in [-0.39, 0.29) is 12.5 Å². The van der Waals surface area contributed by atoms with Crippen LogP contribution in [-0.2, 0) is 0 Å². The van der Waals surface area contributed by atoms with Crippen molar-refractivity contribution in [3.8, 4) is 0 Å². The molecular weight excluding hydrogens is 286 g/mol. The summed E-state index contributed by atoms with van der Waals surface area (Å²) in [6.45, 7) is 2.13. The number of amides is 1. The van der Waals surface area contributed by atoms with E-state index in [0.29, 0.717) is 5.69 Å². The summed E-state index contributed by atoms with van der Waals surface area (Å²) >= 11 is 1.52. The zero-order chi connectivity index (χ0) is 14.8. The number of rotatable bonds is 4. The van der Waals surface area contributed by atoms with Crippen LogP contribution in [0.3, 0.4) is 0 Å². The van der Waals surface area contributed by atoms with Gasteiger partial charge in [-0.15, -0.1) is 0 Å². The van der Waals surface area contributed by atoms with Gasteiger partial charge in [0.1, 0.15) is 11.3 Å². The third-order valence-electron chi connectivity index (χ3n) is 3.27. The van der Waals surface area contributed by atoms with Crippen LogP contribution in [0.2, 0.25) is 0 Å². The Kier molecular flexibility index (Phi) is 3.72. The lowest BCUT2D eigenvalue weighted by molar-refractivity contribution is 0.0910. The number of nitrogens with zero attached hydrogens (tertiary/aromatic N) is 2. The van der Waals surface area contributed by atoms with Crippen molar-refractivity contribution in [3.63, 3.8) is 0 Å². The summed E-state index contributed by atoms with van der Waals surface area (Å²) in [6.07, 6.45) is 2.72. The average molecular weight is 301 g/mol. The molecule has 1 amide bonds. The molecule has 3 aromatic rings. The summed E-state index contributed by atoms with van der Waals surface area (Å²) in [5.41, 5.74) is 3.05. The Morgan fingerprint density at radius 1 is 1.48 bits per heavy atom. The number of carbonyl (C=O) groups is 1. The highest BCUT2D eigenvalue weighted by Gasteiger charge is 2.14. The van der Waals surface area contributed by atoms with Gasteiger partial charge in [-0.3, -0.25) is 9.20 Å². The molecule has 3 aromatic heterocycles. The fourth-order valence-electron chi connectivity index (χ4n) is 2.12. The molecule has 0 saturated carbocycles. The van der Waals surface area contributed by atoms with E-state index in [1.54, 1.807) is 10.6 Å². The number of hydrogen-bond donors (Lipinski definition) is 2. The van der Waals surface area contributed by atoms with Crippen molar-refractivity contribution in [2.24, 2.45) is 0 Å². The molecule has 108 valence electrons. The van der Waals surface area contributed by atoms with Gasteiger partial charge in [0, 0.05) is 12.7 Å². The van der Waals surface area contributed by atoms with Crippen molar-refractivity contribution in [1.82, 2.24) is 14.7 Å². The van der Waals surface area contributed by atoms with Gasteiger partial charge in [0.15, 0.2) is 0 Å². The number of aliphatic hydroxyl groups excluding tert-OH is 1. The first kappa shape index (κ1) is 13.8. The molecule has 5 nitrogen and oxygen atoms in total. The number of fused-ring (bicyclic) bond motifs is 1. The van der Waals surface area contributed by atoms with Crippen molar-refractivity contribution in [2.75, 3.05) is 6.54 Å². The number of aryl methyl sites for hydroxylation is 1. The molecule has 0 aliphatic carbocycles. The molecule has 21 heavy (non-hydrogen) atoms. The summed E-state index contributed by atoms with van der Waals surface area (Å²) < 4.78 is 1.75. The number of aromatic nitrogens is 2. The highest BCUT2D eigenvalue weighted by Crippen LogP contribution is 2.15. The lowest BCUT2D eigenvalue weighted by Gasteiger charge is -2.10. The molecule has 1 atom stereocenters. The minimum absolute atomic E-state index is 0.175. The smallest absolute Gasteiger partial charge is 0.270 e. The molecule has 3 rings (SSSR count). The molecule has 0 bridgehead atoms. The lowest BCUT2D eigenvalue weighted by atomic mass is 10.2. The molecule has 1 unspecified atom stereocenters. The highest BCUT2D eigenvalue weighted by atomic mass is 32.1. The quantitative estimate of drug-likeness (QED) is 0.776. The van der Waals surface area contributed by atoms with Crippen LogP contribution in [0.5, 0.6) is 0 Å². The highest BCUT2D eigenvalue weighted by molar-refractivity contribution is 7.07. The summed E-state index contributed by atoms with van der Waals surface area (Å²) in [5, 5.41) is 16.5. The second-order valence-corrected chi connectivity index (χ2v) is 5.64. The predicted octanol–water partition coefficient (Wildman–Crippen LogP) is 2.17. The van der Waals surface area contributed by atoms with Crippen LogP contribution in [0.25, 0.3) is 5.65 Å². The zero-order valence-corrected chi connectivity index (χ0v) is 12.3. The van der Waals surface area contributed by atoms with Gasteiger partial charge >= 0.3 is 0 Å². The second kappa shape index (κ2) is 5.67. The van der Waals surface area contributed by atoms with E-state index in [9.17, 15) is 9.90 Å². The minimum atomic E-state index is -0.693. The number of nitrogens with one attached hydrogen (secondary N) is 1. The molecule has 0 aliphatic heterocycles. The van der Waals surface area contributed by atoms with E-state index in [0.717, 1.165) is 16.8 Å². The van der Waals surface area contributed by atoms with E-state index in [1.807, 2.05) is 42.1 Å². The summed E-state index contributed by atoms with van der Waals surface area (Å²) in [7, 11) is 0. The fourth-order valence-corrected chi connectivity index (χ4v) is 2.82. The van der Waals surface area contributed by atoms with Crippen molar-refractivity contribution in [3.05, 3.63) is 58.2 Å². The Labute approximate surface area is 125 Å². The molecule has 0 spiro atoms. The second-order valence-electron chi connectivity index (χ2n) is 4.86. The predicted molar refractivity (Wildman–Crippen MR) is 81.5 cm³/mol. The third kappa shape index (κ3) is 2.81. The Balaban J connectivity index is 1.74. The van der Waals surface area contributed by atoms with Crippen LogP contribution in [0.4, 0.5) is 0 Å². The molecule has 2 N–H and O–H groups in total. The van der Waals surface area contributed by atoms with Crippen LogP contribution in [0, 0.1) is 6.92 Å². The number of aliphatic hydroxyl groups is 1. The van der Waals surface area contributed by atoms with Crippen molar-refractivity contribution >= 4 is 22.9 Å². The SMILES string of the molecule is Cc1ccc2ncc(C(=O)NCC(O)c3ccsc3)n2c1. The first-order valence-electron chi connectivity index (χ1n) is 6.57. The van der Waals surface area contributed by atoms with E-state index in [2.05, 4.69) is 10.3 Å². The fraction of sp³-hybridized carbons (Fsp3) is 0.200.